The summed E-state index contributed by atoms with van der Waals surface area (Å²) < 4.78 is 0. The van der Waals surface area contributed by atoms with E-state index in [9.17, 15) is 19.8 Å². The average molecular weight is 319 g/mol. The number of carboxylic acid groups (broad SMARTS) is 2. The van der Waals surface area contributed by atoms with Gasteiger partial charge in [-0.1, -0.05) is 32.3 Å². The molecule has 0 bridgehead atoms. The summed E-state index contributed by atoms with van der Waals surface area (Å²) in [6.45, 7) is 1.26. The number of carbonyl (C=O) groups excluding carboxylic acids is 2. The molecule has 0 fully saturated rings. The van der Waals surface area contributed by atoms with Gasteiger partial charge in [0.25, 0.3) is 0 Å². The Labute approximate surface area is 200 Å². The van der Waals surface area contributed by atoms with E-state index >= 15 is 0 Å². The zero-order valence-corrected chi connectivity index (χ0v) is 18.4. The standard InChI is InChI=1S/C12H21NO4.2K/c1-2-3-4-5-6-7-8-13(9-11(14)15)10-12(16)17;;/h7-8H,2-6,9-10H2,1H3,(H,14,15)(H,16,17);;/q;2*+1/p-2/b8-7+;;. The predicted molar refractivity (Wildman–Crippen MR) is 59.5 cm³/mol. The first kappa shape index (κ1) is 25.7. The van der Waals surface area contributed by atoms with E-state index in [4.69, 9.17) is 0 Å². The third kappa shape index (κ3) is 19.8. The fourth-order valence-electron chi connectivity index (χ4n) is 1.41. The molecule has 0 aliphatic heterocycles. The van der Waals surface area contributed by atoms with Crippen LogP contribution in [0.3, 0.4) is 0 Å². The number of aliphatic carboxylic acids is 2. The number of hydrogen-bond acceptors (Lipinski definition) is 5. The smallest absolute Gasteiger partial charge is 0.548 e. The summed E-state index contributed by atoms with van der Waals surface area (Å²) in [5, 5.41) is 20.7. The third-order valence-electron chi connectivity index (χ3n) is 2.20. The molecule has 0 aliphatic carbocycles. The van der Waals surface area contributed by atoms with Crippen LogP contribution in [0.15, 0.2) is 12.3 Å². The van der Waals surface area contributed by atoms with Crippen LogP contribution in [0.5, 0.6) is 0 Å². The molecule has 0 atom stereocenters. The maximum absolute atomic E-state index is 10.4. The summed E-state index contributed by atoms with van der Waals surface area (Å²) in [7, 11) is 0. The van der Waals surface area contributed by atoms with Crippen molar-refractivity contribution in [3.63, 3.8) is 0 Å². The first-order valence-corrected chi connectivity index (χ1v) is 5.86. The molecule has 19 heavy (non-hydrogen) atoms. The van der Waals surface area contributed by atoms with Gasteiger partial charge in [-0.2, -0.15) is 0 Å². The zero-order chi connectivity index (χ0) is 13.1. The number of carboxylic acids is 2. The van der Waals surface area contributed by atoms with Gasteiger partial charge in [0.1, 0.15) is 0 Å². The molecule has 0 spiro atoms. The first-order chi connectivity index (χ1) is 8.06. The second-order valence-electron chi connectivity index (χ2n) is 3.88. The molecule has 5 nitrogen and oxygen atoms in total. The van der Waals surface area contributed by atoms with Crippen molar-refractivity contribution in [2.75, 3.05) is 13.1 Å². The maximum Gasteiger partial charge on any atom is 1.00 e. The zero-order valence-electron chi connectivity index (χ0n) is 12.2. The molecule has 0 amide bonds. The van der Waals surface area contributed by atoms with Crippen LogP contribution in [0.4, 0.5) is 0 Å². The van der Waals surface area contributed by atoms with Crippen LogP contribution >= 0.6 is 0 Å². The number of nitrogens with zero attached hydrogens (tertiary/aromatic N) is 1. The van der Waals surface area contributed by atoms with Crippen molar-refractivity contribution in [2.45, 2.75) is 39.0 Å². The molecule has 0 heterocycles. The number of carbonyl (C=O) groups is 2. The Morgan fingerprint density at radius 2 is 1.53 bits per heavy atom. The van der Waals surface area contributed by atoms with Crippen molar-refractivity contribution in [3.8, 4) is 0 Å². The Morgan fingerprint density at radius 3 is 1.95 bits per heavy atom. The van der Waals surface area contributed by atoms with Gasteiger partial charge < -0.3 is 24.7 Å². The van der Waals surface area contributed by atoms with E-state index in [1.165, 1.54) is 12.6 Å². The van der Waals surface area contributed by atoms with Crippen molar-refractivity contribution in [2.24, 2.45) is 0 Å². The van der Waals surface area contributed by atoms with E-state index in [2.05, 4.69) is 6.92 Å². The summed E-state index contributed by atoms with van der Waals surface area (Å²) in [6, 6.07) is 0. The molecule has 0 aromatic rings. The van der Waals surface area contributed by atoms with Crippen LogP contribution < -0.4 is 113 Å². The summed E-state index contributed by atoms with van der Waals surface area (Å²) in [5.74, 6) is -2.61. The summed E-state index contributed by atoms with van der Waals surface area (Å²) in [4.78, 5) is 21.9. The number of rotatable bonds is 10. The maximum atomic E-state index is 10.4. The van der Waals surface area contributed by atoms with E-state index < -0.39 is 25.0 Å². The Kier molecular flexibility index (Phi) is 24.1. The fraction of sp³-hybridized carbons (Fsp3) is 0.667. The monoisotopic (exact) mass is 319 g/mol. The van der Waals surface area contributed by atoms with Crippen LogP contribution in [0.1, 0.15) is 39.0 Å². The molecule has 0 rings (SSSR count). The topological polar surface area (TPSA) is 83.5 Å². The second-order valence-corrected chi connectivity index (χ2v) is 3.88. The van der Waals surface area contributed by atoms with Crippen molar-refractivity contribution >= 4 is 11.9 Å². The van der Waals surface area contributed by atoms with Crippen LogP contribution in [-0.4, -0.2) is 29.9 Å². The quantitative estimate of drug-likeness (QED) is 0.295. The van der Waals surface area contributed by atoms with Gasteiger partial charge in [-0.3, -0.25) is 0 Å². The van der Waals surface area contributed by atoms with Gasteiger partial charge >= 0.3 is 103 Å². The van der Waals surface area contributed by atoms with Gasteiger partial charge in [0.2, 0.25) is 0 Å². The Hall–Kier alpha value is 1.75. The van der Waals surface area contributed by atoms with Gasteiger partial charge in [-0.15, -0.1) is 0 Å². The third-order valence-corrected chi connectivity index (χ3v) is 2.20. The van der Waals surface area contributed by atoms with Crippen LogP contribution in [0.25, 0.3) is 0 Å². The second kappa shape index (κ2) is 17.8. The molecule has 0 aromatic carbocycles. The van der Waals surface area contributed by atoms with Gasteiger partial charge in [0, 0.05) is 0 Å². The van der Waals surface area contributed by atoms with Crippen molar-refractivity contribution in [3.05, 3.63) is 12.3 Å². The molecular weight excluding hydrogens is 300 g/mol. The van der Waals surface area contributed by atoms with Crippen LogP contribution in [0, 0.1) is 0 Å². The molecule has 98 valence electrons. The van der Waals surface area contributed by atoms with E-state index in [0.29, 0.717) is 0 Å². The minimum Gasteiger partial charge on any atom is -0.548 e. The SMILES string of the molecule is CCCCCC/C=C/N(CC(=O)[O-])CC(=O)[O-].[K+].[K+]. The van der Waals surface area contributed by atoms with Crippen LogP contribution in [-0.2, 0) is 9.59 Å². The van der Waals surface area contributed by atoms with E-state index in [1.54, 1.807) is 6.08 Å². The van der Waals surface area contributed by atoms with E-state index in [1.807, 2.05) is 0 Å². The molecule has 0 aromatic heterocycles. The summed E-state index contributed by atoms with van der Waals surface area (Å²) >= 11 is 0. The summed E-state index contributed by atoms with van der Waals surface area (Å²) in [5.41, 5.74) is 0. The normalized spacial score (nSPS) is 9.53. The molecule has 0 saturated heterocycles. The van der Waals surface area contributed by atoms with Crippen molar-refractivity contribution < 1.29 is 123 Å². The Bertz CT molecular complexity index is 256. The number of allylic oxidation sites excluding steroid dienone is 1. The van der Waals surface area contributed by atoms with Crippen LogP contribution in [0.2, 0.25) is 0 Å². The number of hydrogen-bond donors (Lipinski definition) is 0. The Balaban J connectivity index is -0.00000128. The first-order valence-electron chi connectivity index (χ1n) is 5.86. The van der Waals surface area contributed by atoms with Gasteiger partial charge in [0.05, 0.1) is 25.0 Å². The minimum atomic E-state index is -1.30. The van der Waals surface area contributed by atoms with Gasteiger partial charge in [-0.25, -0.2) is 0 Å². The van der Waals surface area contributed by atoms with E-state index in [-0.39, 0.29) is 103 Å². The number of unbranched alkanes of at least 4 members (excludes halogenated alkanes) is 4. The fourth-order valence-corrected chi connectivity index (χ4v) is 1.41. The molecule has 0 aliphatic rings. The predicted octanol–water partition coefficient (Wildman–Crippen LogP) is -6.72. The molecule has 7 heteroatoms. The Morgan fingerprint density at radius 1 is 1.00 bits per heavy atom. The molecule has 0 radical (unpaired) electrons. The molecule has 0 saturated carbocycles. The average Bonchev–Trinajstić information content (AvgIpc) is 2.21. The molecule has 0 N–H and O–H groups in total. The van der Waals surface area contributed by atoms with Crippen molar-refractivity contribution in [1.82, 2.24) is 4.90 Å². The minimum absolute atomic E-state index is 0. The largest absolute Gasteiger partial charge is 1.00 e. The molecule has 0 unspecified atom stereocenters. The van der Waals surface area contributed by atoms with Gasteiger partial charge in [-0.05, 0) is 19.0 Å². The van der Waals surface area contributed by atoms with Crippen molar-refractivity contribution in [1.29, 1.82) is 0 Å². The molecular formula is C12H19K2NO4. The summed E-state index contributed by atoms with van der Waals surface area (Å²) in [6.07, 6.45) is 8.56. The van der Waals surface area contributed by atoms with Gasteiger partial charge in [0.15, 0.2) is 0 Å². The van der Waals surface area contributed by atoms with E-state index in [0.717, 1.165) is 30.6 Å².